The lowest BCUT2D eigenvalue weighted by Crippen LogP contribution is -2.39. The third-order valence-corrected chi connectivity index (χ3v) is 4.16. The van der Waals surface area contributed by atoms with E-state index in [9.17, 15) is 13.6 Å². The van der Waals surface area contributed by atoms with Crippen molar-refractivity contribution in [3.8, 4) is 0 Å². The second-order valence-corrected chi connectivity index (χ2v) is 5.80. The highest BCUT2D eigenvalue weighted by Crippen LogP contribution is 2.31. The molecule has 0 saturated carbocycles. The van der Waals surface area contributed by atoms with Crippen LogP contribution in [0.25, 0.3) is 0 Å². The molecule has 2 aromatic carbocycles. The highest BCUT2D eigenvalue weighted by molar-refractivity contribution is 5.94. The molecule has 0 aliphatic heterocycles. The van der Waals surface area contributed by atoms with Gasteiger partial charge < -0.3 is 5.32 Å². The number of amides is 1. The van der Waals surface area contributed by atoms with Gasteiger partial charge in [0.25, 0.3) is 0 Å². The Morgan fingerprint density at radius 1 is 1.17 bits per heavy atom. The number of carbonyl (C=O) groups is 1. The van der Waals surface area contributed by atoms with E-state index in [2.05, 4.69) is 22.8 Å². The summed E-state index contributed by atoms with van der Waals surface area (Å²) in [6, 6.07) is 11.2. The van der Waals surface area contributed by atoms with Gasteiger partial charge in [-0.15, -0.1) is 0 Å². The van der Waals surface area contributed by atoms with Crippen LogP contribution in [0.3, 0.4) is 0 Å². The number of nitrogens with one attached hydrogen (secondary N) is 2. The van der Waals surface area contributed by atoms with Crippen LogP contribution in [-0.4, -0.2) is 11.9 Å². The zero-order valence-corrected chi connectivity index (χ0v) is 12.8. The Hall–Kier alpha value is -2.27. The van der Waals surface area contributed by atoms with E-state index in [0.717, 1.165) is 25.0 Å². The maximum absolute atomic E-state index is 13.2. The normalized spacial score (nSPS) is 17.6. The molecular weight excluding hydrogens is 298 g/mol. The van der Waals surface area contributed by atoms with Crippen molar-refractivity contribution in [2.75, 3.05) is 5.32 Å². The van der Waals surface area contributed by atoms with Crippen molar-refractivity contribution in [2.45, 2.75) is 31.8 Å². The molecule has 23 heavy (non-hydrogen) atoms. The Morgan fingerprint density at radius 2 is 1.96 bits per heavy atom. The number of rotatable bonds is 4. The van der Waals surface area contributed by atoms with Gasteiger partial charge in [0.2, 0.25) is 5.91 Å². The van der Waals surface area contributed by atoms with E-state index in [1.165, 1.54) is 17.2 Å². The Kier molecular flexibility index (Phi) is 4.39. The summed E-state index contributed by atoms with van der Waals surface area (Å²) in [5, 5.41) is 5.90. The predicted octanol–water partition coefficient (Wildman–Crippen LogP) is 3.57. The van der Waals surface area contributed by atoms with E-state index in [1.807, 2.05) is 12.1 Å². The molecule has 120 valence electrons. The number of benzene rings is 2. The van der Waals surface area contributed by atoms with Crippen molar-refractivity contribution < 1.29 is 13.6 Å². The average Bonchev–Trinajstić information content (AvgIpc) is 2.94. The van der Waals surface area contributed by atoms with Crippen molar-refractivity contribution in [1.29, 1.82) is 0 Å². The van der Waals surface area contributed by atoms with Gasteiger partial charge >= 0.3 is 0 Å². The topological polar surface area (TPSA) is 41.1 Å². The first-order valence-electron chi connectivity index (χ1n) is 7.64. The largest absolute Gasteiger partial charge is 0.325 e. The first-order chi connectivity index (χ1) is 11.0. The molecule has 2 N–H and O–H groups in total. The summed E-state index contributed by atoms with van der Waals surface area (Å²) in [5.41, 5.74) is 2.77. The van der Waals surface area contributed by atoms with E-state index in [4.69, 9.17) is 0 Å². The molecule has 0 spiro atoms. The van der Waals surface area contributed by atoms with Crippen molar-refractivity contribution in [2.24, 2.45) is 0 Å². The number of carbonyl (C=O) groups excluding carboxylic acids is 1. The van der Waals surface area contributed by atoms with Crippen LogP contribution >= 0.6 is 0 Å². The summed E-state index contributed by atoms with van der Waals surface area (Å²) < 4.78 is 26.1. The van der Waals surface area contributed by atoms with Crippen LogP contribution in [0.2, 0.25) is 0 Å². The first-order valence-corrected chi connectivity index (χ1v) is 7.64. The molecule has 0 saturated heterocycles. The number of fused-ring (bicyclic) bond motifs is 1. The van der Waals surface area contributed by atoms with Gasteiger partial charge in [-0.2, -0.15) is 0 Å². The molecule has 1 amide bonds. The van der Waals surface area contributed by atoms with Crippen LogP contribution in [0.1, 0.15) is 30.5 Å². The molecule has 1 aliphatic carbocycles. The fourth-order valence-corrected chi connectivity index (χ4v) is 2.93. The average molecular weight is 316 g/mol. The van der Waals surface area contributed by atoms with Gasteiger partial charge in [0.05, 0.1) is 6.04 Å². The number of halogens is 2. The highest BCUT2D eigenvalue weighted by atomic mass is 19.2. The summed E-state index contributed by atoms with van der Waals surface area (Å²) >= 11 is 0. The number of aryl methyl sites for hydroxylation is 1. The van der Waals surface area contributed by atoms with E-state index in [0.29, 0.717) is 0 Å². The van der Waals surface area contributed by atoms with Crippen molar-refractivity contribution in [1.82, 2.24) is 5.32 Å². The van der Waals surface area contributed by atoms with E-state index < -0.39 is 17.7 Å². The maximum atomic E-state index is 13.2. The second kappa shape index (κ2) is 6.46. The van der Waals surface area contributed by atoms with Crippen LogP contribution in [0.5, 0.6) is 0 Å². The quantitative estimate of drug-likeness (QED) is 0.905. The van der Waals surface area contributed by atoms with Gasteiger partial charge in [-0.05, 0) is 43.0 Å². The third kappa shape index (κ3) is 3.40. The summed E-state index contributed by atoms with van der Waals surface area (Å²) in [6.45, 7) is 1.76. The van der Waals surface area contributed by atoms with E-state index in [-0.39, 0.29) is 17.6 Å². The third-order valence-electron chi connectivity index (χ3n) is 4.16. The Labute approximate surface area is 133 Å². The number of hydrogen-bond acceptors (Lipinski definition) is 2. The van der Waals surface area contributed by atoms with E-state index >= 15 is 0 Å². The molecule has 0 heterocycles. The monoisotopic (exact) mass is 316 g/mol. The second-order valence-electron chi connectivity index (χ2n) is 5.80. The molecule has 3 nitrogen and oxygen atoms in total. The van der Waals surface area contributed by atoms with Crippen LogP contribution in [-0.2, 0) is 11.2 Å². The van der Waals surface area contributed by atoms with Crippen LogP contribution in [0, 0.1) is 11.6 Å². The SMILES string of the molecule is C[C@H](N[C@@H]1CCc2ccccc21)C(=O)Nc1ccc(F)c(F)c1. The molecule has 2 atom stereocenters. The Morgan fingerprint density at radius 3 is 2.74 bits per heavy atom. The summed E-state index contributed by atoms with van der Waals surface area (Å²) in [5.74, 6) is -2.19. The lowest BCUT2D eigenvalue weighted by Gasteiger charge is -2.20. The molecule has 0 aromatic heterocycles. The summed E-state index contributed by atoms with van der Waals surface area (Å²) in [4.78, 5) is 12.2. The summed E-state index contributed by atoms with van der Waals surface area (Å²) in [6.07, 6.45) is 1.94. The molecule has 0 bridgehead atoms. The molecule has 0 radical (unpaired) electrons. The van der Waals surface area contributed by atoms with Gasteiger partial charge in [-0.25, -0.2) is 8.78 Å². The van der Waals surface area contributed by atoms with Gasteiger partial charge in [0.15, 0.2) is 11.6 Å². The molecule has 0 unspecified atom stereocenters. The lowest BCUT2D eigenvalue weighted by atomic mass is 10.1. The van der Waals surface area contributed by atoms with Crippen LogP contribution in [0.15, 0.2) is 42.5 Å². The number of hydrogen-bond donors (Lipinski definition) is 2. The zero-order valence-electron chi connectivity index (χ0n) is 12.8. The molecule has 2 aromatic rings. The fraction of sp³-hybridized carbons (Fsp3) is 0.278. The van der Waals surface area contributed by atoms with Gasteiger partial charge in [0, 0.05) is 17.8 Å². The van der Waals surface area contributed by atoms with Gasteiger partial charge in [-0.1, -0.05) is 24.3 Å². The minimum absolute atomic E-state index is 0.136. The molecule has 3 rings (SSSR count). The van der Waals surface area contributed by atoms with Crippen molar-refractivity contribution in [3.63, 3.8) is 0 Å². The molecule has 0 fully saturated rings. The first kappa shape index (κ1) is 15.6. The molecular formula is C18H18F2N2O. The Bertz CT molecular complexity index is 733. The van der Waals surface area contributed by atoms with Crippen molar-refractivity contribution >= 4 is 11.6 Å². The van der Waals surface area contributed by atoms with E-state index in [1.54, 1.807) is 6.92 Å². The number of anilines is 1. The van der Waals surface area contributed by atoms with Gasteiger partial charge in [-0.3, -0.25) is 10.1 Å². The lowest BCUT2D eigenvalue weighted by molar-refractivity contribution is -0.118. The highest BCUT2D eigenvalue weighted by Gasteiger charge is 2.25. The standard InChI is InChI=1S/C18H18F2N2O/c1-11(18(23)22-13-7-8-15(19)16(20)10-13)21-17-9-6-12-4-2-3-5-14(12)17/h2-5,7-8,10-11,17,21H,6,9H2,1H3,(H,22,23)/t11-,17+/m0/s1. The maximum Gasteiger partial charge on any atom is 0.241 e. The molecule has 1 aliphatic rings. The van der Waals surface area contributed by atoms with Gasteiger partial charge in [0.1, 0.15) is 0 Å². The minimum Gasteiger partial charge on any atom is -0.325 e. The fourth-order valence-electron chi connectivity index (χ4n) is 2.93. The molecule has 5 heteroatoms. The van der Waals surface area contributed by atoms with Crippen molar-refractivity contribution in [3.05, 3.63) is 65.2 Å². The smallest absolute Gasteiger partial charge is 0.241 e. The zero-order chi connectivity index (χ0) is 16.4. The minimum atomic E-state index is -0.979. The Balaban J connectivity index is 1.63. The summed E-state index contributed by atoms with van der Waals surface area (Å²) in [7, 11) is 0. The van der Waals surface area contributed by atoms with Crippen LogP contribution < -0.4 is 10.6 Å². The van der Waals surface area contributed by atoms with Crippen LogP contribution in [0.4, 0.5) is 14.5 Å². The predicted molar refractivity (Wildman–Crippen MR) is 85.1 cm³/mol.